The second kappa shape index (κ2) is 8.60. The molecule has 0 aliphatic rings. The van der Waals surface area contributed by atoms with Gasteiger partial charge in [-0.1, -0.05) is 29.8 Å². The molecule has 27 heavy (non-hydrogen) atoms. The van der Waals surface area contributed by atoms with Crippen LogP contribution in [0.1, 0.15) is 42.1 Å². The summed E-state index contributed by atoms with van der Waals surface area (Å²) in [5.41, 5.74) is 1.29. The number of halogens is 1. The van der Waals surface area contributed by atoms with Gasteiger partial charge >= 0.3 is 5.97 Å². The zero-order valence-electron chi connectivity index (χ0n) is 14.6. The largest absolute Gasteiger partial charge is 0.453 e. The third kappa shape index (κ3) is 5.01. The number of ether oxygens (including phenoxy) is 1. The van der Waals surface area contributed by atoms with Crippen molar-refractivity contribution in [3.05, 3.63) is 71.1 Å². The highest BCUT2D eigenvalue weighted by molar-refractivity contribution is 6.30. The SMILES string of the molecule is C[C@H](OC(=O)CCC(=O)c1ccc(Cl)cc1)c1nnc(-c2ccccc2)o1. The van der Waals surface area contributed by atoms with Crippen LogP contribution in [-0.4, -0.2) is 21.9 Å². The number of nitrogens with zero attached hydrogens (tertiary/aromatic N) is 2. The maximum absolute atomic E-state index is 12.1. The van der Waals surface area contributed by atoms with Crippen LogP contribution in [0.3, 0.4) is 0 Å². The molecule has 2 aromatic carbocycles. The molecule has 0 amide bonds. The van der Waals surface area contributed by atoms with Crippen molar-refractivity contribution >= 4 is 23.4 Å². The summed E-state index contributed by atoms with van der Waals surface area (Å²) < 4.78 is 10.8. The average Bonchev–Trinajstić information content (AvgIpc) is 3.18. The fraction of sp³-hybridized carbons (Fsp3) is 0.200. The van der Waals surface area contributed by atoms with E-state index < -0.39 is 12.1 Å². The van der Waals surface area contributed by atoms with Gasteiger partial charge < -0.3 is 9.15 Å². The van der Waals surface area contributed by atoms with Gasteiger partial charge in [0, 0.05) is 22.6 Å². The van der Waals surface area contributed by atoms with Crippen LogP contribution in [0, 0.1) is 0 Å². The van der Waals surface area contributed by atoms with Crippen molar-refractivity contribution in [2.24, 2.45) is 0 Å². The normalized spacial score (nSPS) is 11.8. The van der Waals surface area contributed by atoms with Gasteiger partial charge in [0.05, 0.1) is 6.42 Å². The summed E-state index contributed by atoms with van der Waals surface area (Å²) in [6, 6.07) is 15.8. The van der Waals surface area contributed by atoms with Crippen molar-refractivity contribution in [1.29, 1.82) is 0 Å². The summed E-state index contributed by atoms with van der Waals surface area (Å²) >= 11 is 5.79. The quantitative estimate of drug-likeness (QED) is 0.435. The Morgan fingerprint density at radius 1 is 1.04 bits per heavy atom. The topological polar surface area (TPSA) is 82.3 Å². The molecule has 0 spiro atoms. The number of rotatable bonds is 7. The minimum absolute atomic E-state index is 0.0362. The first-order chi connectivity index (χ1) is 13.0. The Balaban J connectivity index is 1.52. The Labute approximate surface area is 161 Å². The van der Waals surface area contributed by atoms with Crippen LogP contribution in [0.15, 0.2) is 59.0 Å². The standard InChI is InChI=1S/C20H17ClN2O4/c1-13(19-22-23-20(27-19)15-5-3-2-4-6-15)26-18(25)12-11-17(24)14-7-9-16(21)10-8-14/h2-10,13H,11-12H2,1H3/t13-/m0/s1. The lowest BCUT2D eigenvalue weighted by atomic mass is 10.1. The van der Waals surface area contributed by atoms with E-state index in [1.54, 1.807) is 31.2 Å². The summed E-state index contributed by atoms with van der Waals surface area (Å²) in [6.45, 7) is 1.64. The van der Waals surface area contributed by atoms with Gasteiger partial charge in [-0.3, -0.25) is 9.59 Å². The molecule has 0 bridgehead atoms. The van der Waals surface area contributed by atoms with E-state index in [2.05, 4.69) is 10.2 Å². The fourth-order valence-corrected chi connectivity index (χ4v) is 2.52. The second-order valence-corrected chi connectivity index (χ2v) is 6.31. The number of aromatic nitrogens is 2. The monoisotopic (exact) mass is 384 g/mol. The highest BCUT2D eigenvalue weighted by atomic mass is 35.5. The lowest BCUT2D eigenvalue weighted by Crippen LogP contribution is -2.11. The van der Waals surface area contributed by atoms with E-state index >= 15 is 0 Å². The van der Waals surface area contributed by atoms with Crippen molar-refractivity contribution in [3.8, 4) is 11.5 Å². The molecular formula is C20H17ClN2O4. The van der Waals surface area contributed by atoms with Crippen LogP contribution < -0.4 is 0 Å². The van der Waals surface area contributed by atoms with E-state index in [-0.39, 0.29) is 24.5 Å². The van der Waals surface area contributed by atoms with Crippen molar-refractivity contribution < 1.29 is 18.7 Å². The first-order valence-corrected chi connectivity index (χ1v) is 8.78. The highest BCUT2D eigenvalue weighted by Gasteiger charge is 2.19. The molecule has 138 valence electrons. The van der Waals surface area contributed by atoms with Gasteiger partial charge in [-0.15, -0.1) is 10.2 Å². The molecule has 0 saturated carbocycles. The molecule has 3 aromatic rings. The molecular weight excluding hydrogens is 368 g/mol. The van der Waals surface area contributed by atoms with Crippen molar-refractivity contribution in [2.75, 3.05) is 0 Å². The molecule has 0 radical (unpaired) electrons. The number of hydrogen-bond donors (Lipinski definition) is 0. The Morgan fingerprint density at radius 2 is 1.74 bits per heavy atom. The maximum atomic E-state index is 12.1. The molecule has 0 saturated heterocycles. The van der Waals surface area contributed by atoms with Gasteiger partial charge in [-0.05, 0) is 43.3 Å². The molecule has 3 rings (SSSR count). The molecule has 1 aromatic heterocycles. The van der Waals surface area contributed by atoms with Gasteiger partial charge in [-0.2, -0.15) is 0 Å². The molecule has 0 N–H and O–H groups in total. The molecule has 0 aliphatic heterocycles. The second-order valence-electron chi connectivity index (χ2n) is 5.87. The molecule has 1 atom stereocenters. The zero-order chi connectivity index (χ0) is 19.2. The summed E-state index contributed by atoms with van der Waals surface area (Å²) in [7, 11) is 0. The van der Waals surface area contributed by atoms with Crippen LogP contribution in [0.25, 0.3) is 11.5 Å². The van der Waals surface area contributed by atoms with Crippen molar-refractivity contribution in [1.82, 2.24) is 10.2 Å². The van der Waals surface area contributed by atoms with Crippen LogP contribution in [-0.2, 0) is 9.53 Å². The first kappa shape index (κ1) is 18.8. The van der Waals surface area contributed by atoms with E-state index in [9.17, 15) is 9.59 Å². The number of Topliss-reactive ketones (excluding diaryl/α,β-unsaturated/α-hetero) is 1. The Hall–Kier alpha value is -2.99. The van der Waals surface area contributed by atoms with E-state index in [0.717, 1.165) is 5.56 Å². The minimum atomic E-state index is -0.701. The van der Waals surface area contributed by atoms with Gasteiger partial charge in [0.2, 0.25) is 5.89 Å². The van der Waals surface area contributed by atoms with Crippen LogP contribution in [0.5, 0.6) is 0 Å². The summed E-state index contributed by atoms with van der Waals surface area (Å²) in [6.07, 6.45) is -0.689. The smallest absolute Gasteiger partial charge is 0.307 e. The Kier molecular flexibility index (Phi) is 5.98. The predicted molar refractivity (Wildman–Crippen MR) is 99.3 cm³/mol. The van der Waals surface area contributed by atoms with E-state index in [1.807, 2.05) is 30.3 Å². The van der Waals surface area contributed by atoms with Crippen molar-refractivity contribution in [2.45, 2.75) is 25.9 Å². The van der Waals surface area contributed by atoms with E-state index in [0.29, 0.717) is 16.5 Å². The Bertz CT molecular complexity index is 923. The van der Waals surface area contributed by atoms with Crippen LogP contribution >= 0.6 is 11.6 Å². The zero-order valence-corrected chi connectivity index (χ0v) is 15.3. The molecule has 1 heterocycles. The molecule has 0 unspecified atom stereocenters. The number of hydrogen-bond acceptors (Lipinski definition) is 6. The molecule has 7 heteroatoms. The maximum Gasteiger partial charge on any atom is 0.307 e. The minimum Gasteiger partial charge on any atom is -0.453 e. The number of carbonyl (C=O) groups is 2. The van der Waals surface area contributed by atoms with Crippen LogP contribution in [0.4, 0.5) is 0 Å². The lowest BCUT2D eigenvalue weighted by molar-refractivity contribution is -0.149. The summed E-state index contributed by atoms with van der Waals surface area (Å²) in [5.74, 6) is -0.109. The first-order valence-electron chi connectivity index (χ1n) is 8.40. The van der Waals surface area contributed by atoms with Gasteiger partial charge in [0.25, 0.3) is 5.89 Å². The molecule has 0 fully saturated rings. The third-order valence-electron chi connectivity index (χ3n) is 3.84. The summed E-state index contributed by atoms with van der Waals surface area (Å²) in [4.78, 5) is 24.1. The average molecular weight is 385 g/mol. The highest BCUT2D eigenvalue weighted by Crippen LogP contribution is 2.22. The number of esters is 1. The third-order valence-corrected chi connectivity index (χ3v) is 4.09. The Morgan fingerprint density at radius 3 is 2.44 bits per heavy atom. The van der Waals surface area contributed by atoms with E-state index in [1.165, 1.54) is 0 Å². The predicted octanol–water partition coefficient (Wildman–Crippen LogP) is 4.66. The summed E-state index contributed by atoms with van der Waals surface area (Å²) in [5, 5.41) is 8.44. The van der Waals surface area contributed by atoms with E-state index in [4.69, 9.17) is 20.8 Å². The number of benzene rings is 2. The van der Waals surface area contributed by atoms with Gasteiger partial charge in [0.15, 0.2) is 11.9 Å². The lowest BCUT2D eigenvalue weighted by Gasteiger charge is -2.09. The number of ketones is 1. The fourth-order valence-electron chi connectivity index (χ4n) is 2.40. The van der Waals surface area contributed by atoms with Gasteiger partial charge in [0.1, 0.15) is 0 Å². The van der Waals surface area contributed by atoms with Gasteiger partial charge in [-0.25, -0.2) is 0 Å². The molecule has 0 aliphatic carbocycles. The number of carbonyl (C=O) groups excluding carboxylic acids is 2. The van der Waals surface area contributed by atoms with Crippen molar-refractivity contribution in [3.63, 3.8) is 0 Å². The van der Waals surface area contributed by atoms with Crippen LogP contribution in [0.2, 0.25) is 5.02 Å². The molecule has 6 nitrogen and oxygen atoms in total.